The van der Waals surface area contributed by atoms with Crippen molar-refractivity contribution in [2.75, 3.05) is 7.05 Å². The molecule has 0 saturated heterocycles. The first-order valence-corrected chi connectivity index (χ1v) is 3.68. The molecule has 0 aliphatic rings. The highest BCUT2D eigenvalue weighted by atomic mass is 19.1. The fraction of sp³-hybridized carbons (Fsp3) is 0.500. The second-order valence-corrected chi connectivity index (χ2v) is 2.29. The van der Waals surface area contributed by atoms with Crippen LogP contribution in [0.5, 0.6) is 0 Å². The number of amides is 1. The second kappa shape index (κ2) is 5.46. The van der Waals surface area contributed by atoms with Crippen molar-refractivity contribution in [3.63, 3.8) is 0 Å². The summed E-state index contributed by atoms with van der Waals surface area (Å²) in [5.41, 5.74) is 0.0843. The summed E-state index contributed by atoms with van der Waals surface area (Å²) in [6, 6.07) is 0. The van der Waals surface area contributed by atoms with Gasteiger partial charge in [-0.2, -0.15) is 0 Å². The maximum atomic E-state index is 12.7. The first kappa shape index (κ1) is 10.8. The summed E-state index contributed by atoms with van der Waals surface area (Å²) in [5.74, 6) is -0.424. The number of rotatable bonds is 4. The molecule has 0 spiro atoms. The zero-order valence-corrected chi connectivity index (χ0v) is 7.23. The van der Waals surface area contributed by atoms with Gasteiger partial charge in [0.15, 0.2) is 0 Å². The average Bonchev–Trinajstić information content (AvgIpc) is 2.04. The van der Waals surface area contributed by atoms with Crippen LogP contribution in [0.4, 0.5) is 4.39 Å². The summed E-state index contributed by atoms with van der Waals surface area (Å²) in [6.45, 7) is 1.30. The lowest BCUT2D eigenvalue weighted by molar-refractivity contribution is -0.117. The Balaban J connectivity index is 4.42. The molecule has 0 heterocycles. The molecule has 2 N–H and O–H groups in total. The Labute approximate surface area is 71.2 Å². The van der Waals surface area contributed by atoms with E-state index in [0.717, 1.165) is 6.21 Å². The average molecular weight is 172 g/mol. The number of carbonyl (C=O) groups excluding carboxylic acids is 1. The summed E-state index contributed by atoms with van der Waals surface area (Å²) in [7, 11) is 1.45. The quantitative estimate of drug-likeness (QED) is 0.483. The minimum atomic E-state index is -1.29. The van der Waals surface area contributed by atoms with Gasteiger partial charge in [-0.1, -0.05) is 6.08 Å². The molecule has 4 heteroatoms. The molecule has 3 nitrogen and oxygen atoms in total. The molecule has 0 bridgehead atoms. The van der Waals surface area contributed by atoms with Crippen LogP contribution < -0.4 is 5.32 Å². The van der Waals surface area contributed by atoms with Crippen LogP contribution in [0.25, 0.3) is 0 Å². The molecule has 0 radical (unpaired) electrons. The molecular formula is C8H13FN2O. The number of hydrogen-bond donors (Lipinski definition) is 2. The molecular weight excluding hydrogens is 159 g/mol. The van der Waals surface area contributed by atoms with Crippen molar-refractivity contribution in [3.8, 4) is 0 Å². The fourth-order valence-electron chi connectivity index (χ4n) is 0.766. The van der Waals surface area contributed by atoms with Crippen molar-refractivity contribution in [3.05, 3.63) is 11.6 Å². The maximum absolute atomic E-state index is 12.7. The van der Waals surface area contributed by atoms with Gasteiger partial charge in [-0.25, -0.2) is 4.39 Å². The van der Waals surface area contributed by atoms with Crippen molar-refractivity contribution in [2.24, 2.45) is 0 Å². The molecule has 0 fully saturated rings. The van der Waals surface area contributed by atoms with Gasteiger partial charge in [-0.3, -0.25) is 4.79 Å². The standard InChI is InChI=1S/C8H13FN2O/c1-6(9)7(4-3-5-10)8(12)11-2/h4-6,10H,3H2,1-2H3,(H,11,12)/b7-4+,10-5?. The van der Waals surface area contributed by atoms with Crippen LogP contribution in [0.2, 0.25) is 0 Å². The Bertz CT molecular complexity index is 199. The Morgan fingerprint density at radius 1 is 1.75 bits per heavy atom. The van der Waals surface area contributed by atoms with E-state index in [1.54, 1.807) is 0 Å². The minimum absolute atomic E-state index is 0.0843. The van der Waals surface area contributed by atoms with Gasteiger partial charge in [0.2, 0.25) is 5.91 Å². The lowest BCUT2D eigenvalue weighted by Crippen LogP contribution is -2.24. The lowest BCUT2D eigenvalue weighted by atomic mass is 10.1. The number of nitrogens with one attached hydrogen (secondary N) is 2. The highest BCUT2D eigenvalue weighted by molar-refractivity contribution is 5.94. The molecule has 1 unspecified atom stereocenters. The van der Waals surface area contributed by atoms with Gasteiger partial charge in [0.05, 0.1) is 0 Å². The van der Waals surface area contributed by atoms with Gasteiger partial charge in [-0.05, 0) is 13.1 Å². The first-order chi connectivity index (χ1) is 5.63. The molecule has 0 aromatic carbocycles. The molecule has 12 heavy (non-hydrogen) atoms. The highest BCUT2D eigenvalue weighted by Gasteiger charge is 2.13. The van der Waals surface area contributed by atoms with Gasteiger partial charge in [0.1, 0.15) is 6.17 Å². The monoisotopic (exact) mass is 172 g/mol. The fourth-order valence-corrected chi connectivity index (χ4v) is 0.766. The van der Waals surface area contributed by atoms with Crippen LogP contribution in [0.1, 0.15) is 13.3 Å². The van der Waals surface area contributed by atoms with Crippen molar-refractivity contribution in [2.45, 2.75) is 19.5 Å². The van der Waals surface area contributed by atoms with E-state index in [0.29, 0.717) is 0 Å². The topological polar surface area (TPSA) is 53.0 Å². The summed E-state index contributed by atoms with van der Waals surface area (Å²) >= 11 is 0. The van der Waals surface area contributed by atoms with E-state index in [4.69, 9.17) is 5.41 Å². The number of allylic oxidation sites excluding steroid dienone is 1. The third-order valence-electron chi connectivity index (χ3n) is 1.37. The van der Waals surface area contributed by atoms with E-state index < -0.39 is 12.1 Å². The van der Waals surface area contributed by atoms with E-state index in [1.807, 2.05) is 0 Å². The molecule has 1 amide bonds. The lowest BCUT2D eigenvalue weighted by Gasteiger charge is -2.05. The second-order valence-electron chi connectivity index (χ2n) is 2.29. The van der Waals surface area contributed by atoms with E-state index >= 15 is 0 Å². The van der Waals surface area contributed by atoms with Crippen LogP contribution >= 0.6 is 0 Å². The molecule has 68 valence electrons. The minimum Gasteiger partial charge on any atom is -0.355 e. The van der Waals surface area contributed by atoms with Crippen LogP contribution in [-0.2, 0) is 4.79 Å². The van der Waals surface area contributed by atoms with Crippen LogP contribution in [0.15, 0.2) is 11.6 Å². The summed E-state index contributed by atoms with van der Waals surface area (Å²) in [5, 5.41) is 9.04. The van der Waals surface area contributed by atoms with Gasteiger partial charge < -0.3 is 10.7 Å². The van der Waals surface area contributed by atoms with E-state index in [9.17, 15) is 9.18 Å². The van der Waals surface area contributed by atoms with Crippen LogP contribution in [0, 0.1) is 5.41 Å². The third kappa shape index (κ3) is 3.27. The smallest absolute Gasteiger partial charge is 0.249 e. The molecule has 1 atom stereocenters. The molecule has 0 aromatic rings. The normalized spacial score (nSPS) is 13.8. The highest BCUT2D eigenvalue weighted by Crippen LogP contribution is 2.06. The number of halogens is 1. The van der Waals surface area contributed by atoms with Gasteiger partial charge in [0.25, 0.3) is 0 Å². The van der Waals surface area contributed by atoms with Crippen LogP contribution in [-0.4, -0.2) is 25.3 Å². The SMILES string of the molecule is CNC(=O)/C(=C/CC=N)C(C)F. The van der Waals surface area contributed by atoms with Crippen molar-refractivity contribution < 1.29 is 9.18 Å². The number of carbonyl (C=O) groups is 1. The molecule has 0 aromatic heterocycles. The maximum Gasteiger partial charge on any atom is 0.249 e. The Hall–Kier alpha value is -1.19. The predicted octanol–water partition coefficient (Wildman–Crippen LogP) is 1.06. The number of hydrogen-bond acceptors (Lipinski definition) is 2. The first-order valence-electron chi connectivity index (χ1n) is 3.68. The third-order valence-corrected chi connectivity index (χ3v) is 1.37. The number of likely N-dealkylation sites (N-methyl/N-ethyl adjacent to an activating group) is 1. The van der Waals surface area contributed by atoms with Crippen molar-refractivity contribution in [1.29, 1.82) is 5.41 Å². The van der Waals surface area contributed by atoms with Gasteiger partial charge in [0, 0.05) is 19.0 Å². The Kier molecular flexibility index (Phi) is 4.92. The molecule has 0 aliphatic carbocycles. The molecule has 0 aliphatic heterocycles. The zero-order chi connectivity index (χ0) is 9.56. The van der Waals surface area contributed by atoms with Crippen LogP contribution in [0.3, 0.4) is 0 Å². The van der Waals surface area contributed by atoms with Gasteiger partial charge >= 0.3 is 0 Å². The van der Waals surface area contributed by atoms with Crippen molar-refractivity contribution >= 4 is 12.1 Å². The number of alkyl halides is 1. The Morgan fingerprint density at radius 3 is 2.67 bits per heavy atom. The largest absolute Gasteiger partial charge is 0.355 e. The summed E-state index contributed by atoms with van der Waals surface area (Å²) in [4.78, 5) is 11.0. The Morgan fingerprint density at radius 2 is 2.33 bits per heavy atom. The summed E-state index contributed by atoms with van der Waals surface area (Å²) < 4.78 is 12.7. The molecule has 0 saturated carbocycles. The summed E-state index contributed by atoms with van der Waals surface area (Å²) in [6.07, 6.45) is 1.53. The van der Waals surface area contributed by atoms with E-state index in [2.05, 4.69) is 5.32 Å². The van der Waals surface area contributed by atoms with Crippen molar-refractivity contribution in [1.82, 2.24) is 5.32 Å². The van der Waals surface area contributed by atoms with E-state index in [-0.39, 0.29) is 12.0 Å². The van der Waals surface area contributed by atoms with E-state index in [1.165, 1.54) is 20.0 Å². The predicted molar refractivity (Wildman–Crippen MR) is 46.1 cm³/mol. The van der Waals surface area contributed by atoms with Gasteiger partial charge in [-0.15, -0.1) is 0 Å². The zero-order valence-electron chi connectivity index (χ0n) is 7.23. The molecule has 0 rings (SSSR count).